The van der Waals surface area contributed by atoms with Crippen molar-refractivity contribution in [2.24, 2.45) is 0 Å². The maximum absolute atomic E-state index is 12.9. The van der Waals surface area contributed by atoms with Crippen LogP contribution in [-0.4, -0.2) is 37.7 Å². The average Bonchev–Trinajstić information content (AvgIpc) is 3.14. The molecule has 0 atom stereocenters. The van der Waals surface area contributed by atoms with Gasteiger partial charge in [-0.1, -0.05) is 0 Å². The van der Waals surface area contributed by atoms with Crippen LogP contribution in [-0.2, 0) is 20.7 Å². The van der Waals surface area contributed by atoms with Gasteiger partial charge in [0.25, 0.3) is 0 Å². The Hall–Kier alpha value is -3.56. The number of alkyl halides is 3. The average molecular weight is 409 g/mol. The molecule has 152 valence electrons. The molecule has 0 unspecified atom stereocenters. The van der Waals surface area contributed by atoms with Gasteiger partial charge >= 0.3 is 18.1 Å². The molecule has 0 aromatic heterocycles. The van der Waals surface area contributed by atoms with Crippen molar-refractivity contribution < 1.29 is 41.8 Å². The van der Waals surface area contributed by atoms with Crippen LogP contribution in [0.1, 0.15) is 21.5 Å². The number of ketones is 1. The third-order valence-electron chi connectivity index (χ3n) is 4.07. The predicted molar refractivity (Wildman–Crippen MR) is 92.8 cm³/mol. The molecule has 2 aromatic carbocycles. The number of hydrogen-bond acceptors (Lipinski definition) is 6. The van der Waals surface area contributed by atoms with Gasteiger partial charge in [0.1, 0.15) is 0 Å². The molecule has 1 aliphatic heterocycles. The molecule has 29 heavy (non-hydrogen) atoms. The van der Waals surface area contributed by atoms with Crippen molar-refractivity contribution in [3.8, 4) is 11.5 Å². The minimum absolute atomic E-state index is 0.0295. The van der Waals surface area contributed by atoms with Crippen LogP contribution in [0.15, 0.2) is 36.4 Å². The lowest BCUT2D eigenvalue weighted by molar-refractivity contribution is -0.167. The van der Waals surface area contributed by atoms with Gasteiger partial charge in [-0.3, -0.25) is 14.4 Å². The smallest absolute Gasteiger partial charge is 0.469 e. The second-order valence-electron chi connectivity index (χ2n) is 5.97. The monoisotopic (exact) mass is 409 g/mol. The lowest BCUT2D eigenvalue weighted by atomic mass is 9.95. The molecular weight excluding hydrogens is 395 g/mol. The van der Waals surface area contributed by atoms with E-state index >= 15 is 0 Å². The molecule has 0 saturated carbocycles. The van der Waals surface area contributed by atoms with Gasteiger partial charge in [0.2, 0.25) is 6.79 Å². The molecule has 1 N–H and O–H groups in total. The quantitative estimate of drug-likeness (QED) is 0.603. The van der Waals surface area contributed by atoms with Crippen LogP contribution in [0.25, 0.3) is 0 Å². The van der Waals surface area contributed by atoms with Crippen LogP contribution in [0.3, 0.4) is 0 Å². The molecule has 1 heterocycles. The Labute approximate surface area is 162 Å². The zero-order chi connectivity index (χ0) is 21.2. The van der Waals surface area contributed by atoms with Crippen molar-refractivity contribution in [1.82, 2.24) is 0 Å². The summed E-state index contributed by atoms with van der Waals surface area (Å²) in [5, 5.41) is 1.69. The number of carbonyl (C=O) groups excluding carboxylic acids is 3. The zero-order valence-corrected chi connectivity index (χ0v) is 15.0. The first-order valence-electron chi connectivity index (χ1n) is 8.21. The van der Waals surface area contributed by atoms with E-state index in [-0.39, 0.29) is 30.0 Å². The van der Waals surface area contributed by atoms with E-state index < -0.39 is 23.8 Å². The third-order valence-corrected chi connectivity index (χ3v) is 4.07. The number of ether oxygens (including phenoxy) is 3. The minimum atomic E-state index is -5.02. The van der Waals surface area contributed by atoms with Gasteiger partial charge in [-0.25, -0.2) is 0 Å². The van der Waals surface area contributed by atoms with Crippen molar-refractivity contribution in [3.63, 3.8) is 0 Å². The van der Waals surface area contributed by atoms with Crippen LogP contribution < -0.4 is 14.8 Å². The maximum atomic E-state index is 12.9. The van der Waals surface area contributed by atoms with E-state index in [9.17, 15) is 27.6 Å². The van der Waals surface area contributed by atoms with E-state index in [1.54, 1.807) is 5.32 Å². The summed E-state index contributed by atoms with van der Waals surface area (Å²) in [5.74, 6) is -2.46. The second kappa shape index (κ2) is 7.82. The van der Waals surface area contributed by atoms with Gasteiger partial charge < -0.3 is 19.5 Å². The van der Waals surface area contributed by atoms with Gasteiger partial charge in [0, 0.05) is 16.8 Å². The lowest BCUT2D eigenvalue weighted by Crippen LogP contribution is -2.29. The molecule has 7 nitrogen and oxygen atoms in total. The van der Waals surface area contributed by atoms with Crippen molar-refractivity contribution in [2.75, 3.05) is 19.2 Å². The van der Waals surface area contributed by atoms with E-state index in [2.05, 4.69) is 4.74 Å². The van der Waals surface area contributed by atoms with Crippen LogP contribution in [0.2, 0.25) is 0 Å². The Morgan fingerprint density at radius 3 is 2.28 bits per heavy atom. The van der Waals surface area contributed by atoms with Crippen molar-refractivity contribution in [2.45, 2.75) is 12.6 Å². The van der Waals surface area contributed by atoms with Gasteiger partial charge in [-0.05, 0) is 42.0 Å². The number of carbonyl (C=O) groups is 3. The molecule has 0 bridgehead atoms. The molecule has 3 rings (SSSR count). The van der Waals surface area contributed by atoms with E-state index in [0.29, 0.717) is 17.1 Å². The number of benzene rings is 2. The number of amides is 1. The predicted octanol–water partition coefficient (Wildman–Crippen LogP) is 2.86. The fourth-order valence-electron chi connectivity index (χ4n) is 2.63. The summed E-state index contributed by atoms with van der Waals surface area (Å²) in [6.07, 6.45) is -5.21. The highest BCUT2D eigenvalue weighted by atomic mass is 19.4. The molecule has 10 heteroatoms. The topological polar surface area (TPSA) is 90.9 Å². The van der Waals surface area contributed by atoms with Crippen molar-refractivity contribution in [3.05, 3.63) is 53.1 Å². The molecule has 0 radical (unpaired) electrons. The second-order valence-corrected chi connectivity index (χ2v) is 5.97. The normalized spacial score (nSPS) is 12.4. The fraction of sp³-hybridized carbons (Fsp3) is 0.211. The molecule has 1 aliphatic rings. The van der Waals surface area contributed by atoms with Gasteiger partial charge in [0.05, 0.1) is 13.5 Å². The van der Waals surface area contributed by atoms with E-state index in [0.717, 1.165) is 0 Å². The summed E-state index contributed by atoms with van der Waals surface area (Å²) in [6.45, 7) is -0.0295. The number of anilines is 1. The number of nitrogens with one attached hydrogen (secondary N) is 1. The minimum Gasteiger partial charge on any atom is -0.469 e. The van der Waals surface area contributed by atoms with Gasteiger partial charge in [-0.15, -0.1) is 0 Å². The van der Waals surface area contributed by atoms with Gasteiger partial charge in [0.15, 0.2) is 17.3 Å². The highest BCUT2D eigenvalue weighted by Crippen LogP contribution is 2.36. The molecule has 0 fully saturated rings. The highest BCUT2D eigenvalue weighted by Gasteiger charge is 2.38. The molecule has 1 amide bonds. The summed E-state index contributed by atoms with van der Waals surface area (Å²) in [6, 6.07) is 7.81. The van der Waals surface area contributed by atoms with E-state index in [1.165, 1.54) is 43.5 Å². The van der Waals surface area contributed by atoms with Crippen molar-refractivity contribution >= 4 is 23.3 Å². The standard InChI is InChI=1S/C19H14F3NO6/c1-27-16(24)7-11-6-14-15(29-9-28-14)8-13(11)17(25)10-2-4-12(5-3-10)23-18(26)19(20,21)22/h2-6,8H,7,9H2,1H3,(H,23,26). The van der Waals surface area contributed by atoms with Crippen LogP contribution in [0, 0.1) is 0 Å². The summed E-state index contributed by atoms with van der Waals surface area (Å²) >= 11 is 0. The number of hydrogen-bond donors (Lipinski definition) is 1. The maximum Gasteiger partial charge on any atom is 0.471 e. The summed E-state index contributed by atoms with van der Waals surface area (Å²) in [4.78, 5) is 35.6. The van der Waals surface area contributed by atoms with Crippen molar-refractivity contribution in [1.29, 1.82) is 0 Å². The summed E-state index contributed by atoms with van der Waals surface area (Å²) < 4.78 is 52.1. The first-order valence-corrected chi connectivity index (χ1v) is 8.21. The molecule has 2 aromatic rings. The number of rotatable bonds is 5. The molecule has 0 saturated heterocycles. The first kappa shape index (κ1) is 20.2. The number of fused-ring (bicyclic) bond motifs is 1. The van der Waals surface area contributed by atoms with E-state index in [1.807, 2.05) is 0 Å². The SMILES string of the molecule is COC(=O)Cc1cc2c(cc1C(=O)c1ccc(NC(=O)C(F)(F)F)cc1)OCO2. The first-order chi connectivity index (χ1) is 13.7. The Kier molecular flexibility index (Phi) is 5.44. The van der Waals surface area contributed by atoms with E-state index in [4.69, 9.17) is 9.47 Å². The third kappa shape index (κ3) is 4.48. The lowest BCUT2D eigenvalue weighted by Gasteiger charge is -2.11. The Morgan fingerprint density at radius 2 is 1.69 bits per heavy atom. The number of halogens is 3. The largest absolute Gasteiger partial charge is 0.471 e. The Bertz CT molecular complexity index is 969. The highest BCUT2D eigenvalue weighted by molar-refractivity contribution is 6.11. The van der Waals surface area contributed by atoms with Crippen LogP contribution >= 0.6 is 0 Å². The van der Waals surface area contributed by atoms with Crippen LogP contribution in [0.5, 0.6) is 11.5 Å². The molecule has 0 aliphatic carbocycles. The summed E-state index contributed by atoms with van der Waals surface area (Å²) in [5.41, 5.74) is 0.525. The Balaban J connectivity index is 1.88. The molecular formula is C19H14F3NO6. The Morgan fingerprint density at radius 1 is 1.07 bits per heavy atom. The number of esters is 1. The fourth-order valence-corrected chi connectivity index (χ4v) is 2.63. The zero-order valence-electron chi connectivity index (χ0n) is 15.0. The van der Waals surface area contributed by atoms with Gasteiger partial charge in [-0.2, -0.15) is 13.2 Å². The van der Waals surface area contributed by atoms with Crippen LogP contribution in [0.4, 0.5) is 18.9 Å². The summed E-state index contributed by atoms with van der Waals surface area (Å²) in [7, 11) is 1.21. The molecule has 0 spiro atoms. The number of methoxy groups -OCH3 is 1.